The van der Waals surface area contributed by atoms with E-state index >= 15 is 0 Å². The molecule has 0 fully saturated rings. The molecule has 1 amide bonds. The summed E-state index contributed by atoms with van der Waals surface area (Å²) >= 11 is 0. The second kappa shape index (κ2) is 10.8. The van der Waals surface area contributed by atoms with Gasteiger partial charge in [-0.15, -0.1) is 0 Å². The summed E-state index contributed by atoms with van der Waals surface area (Å²) in [6.45, 7) is 3.96. The lowest BCUT2D eigenvalue weighted by Gasteiger charge is -2.22. The smallest absolute Gasteiger partial charge is 0.246 e. The number of hydrogen-bond donors (Lipinski definition) is 2. The summed E-state index contributed by atoms with van der Waals surface area (Å²) in [5.41, 5.74) is 0.766. The zero-order valence-corrected chi connectivity index (χ0v) is 15.3. The zero-order chi connectivity index (χ0) is 18.6. The van der Waals surface area contributed by atoms with Crippen LogP contribution in [0.25, 0.3) is 0 Å². The highest BCUT2D eigenvalue weighted by Gasteiger charge is 2.08. The lowest BCUT2D eigenvalue weighted by atomic mass is 10.3. The van der Waals surface area contributed by atoms with Gasteiger partial charge in [0.25, 0.3) is 0 Å². The Hall–Kier alpha value is -3.02. The number of carbonyl (C=O) groups is 1. The molecular weight excluding hydrogens is 328 g/mol. The Morgan fingerprint density at radius 2 is 1.73 bits per heavy atom. The molecule has 0 aliphatic rings. The van der Waals surface area contributed by atoms with Crippen LogP contribution in [-0.4, -0.2) is 50.1 Å². The van der Waals surface area contributed by atoms with Gasteiger partial charge in [0.2, 0.25) is 5.91 Å². The minimum Gasteiger partial charge on any atom is -0.492 e. The van der Waals surface area contributed by atoms with E-state index < -0.39 is 0 Å². The second-order valence-corrected chi connectivity index (χ2v) is 5.67. The van der Waals surface area contributed by atoms with E-state index in [1.165, 1.54) is 0 Å². The van der Waals surface area contributed by atoms with E-state index in [2.05, 4.69) is 15.6 Å². The minimum atomic E-state index is -0.152. The van der Waals surface area contributed by atoms with Gasteiger partial charge in [-0.2, -0.15) is 0 Å². The van der Waals surface area contributed by atoms with Crippen LogP contribution < -0.4 is 15.4 Å². The standard InChI is InChI=1S/C20H26N4O2/c1-3-21-20(22-16-19(25)23-17-10-6-4-7-11-17)24(2)14-15-26-18-12-8-5-9-13-18/h4-13H,3,14-16H2,1-2H3,(H,21,22)(H,23,25). The lowest BCUT2D eigenvalue weighted by Crippen LogP contribution is -2.41. The van der Waals surface area contributed by atoms with E-state index in [4.69, 9.17) is 4.74 Å². The molecule has 2 rings (SSSR count). The molecule has 0 radical (unpaired) electrons. The fourth-order valence-corrected chi connectivity index (χ4v) is 2.26. The first-order chi connectivity index (χ1) is 12.7. The number of likely N-dealkylation sites (N-methyl/N-ethyl adjacent to an activating group) is 1. The van der Waals surface area contributed by atoms with Crippen LogP contribution in [0, 0.1) is 0 Å². The Bertz CT molecular complexity index is 689. The molecule has 2 aromatic rings. The van der Waals surface area contributed by atoms with Crippen molar-refractivity contribution in [3.63, 3.8) is 0 Å². The number of para-hydroxylation sites is 2. The van der Waals surface area contributed by atoms with Gasteiger partial charge in [-0.25, -0.2) is 4.99 Å². The minimum absolute atomic E-state index is 0.0567. The van der Waals surface area contributed by atoms with Crippen molar-refractivity contribution in [3.05, 3.63) is 60.7 Å². The third kappa shape index (κ3) is 6.84. The normalized spacial score (nSPS) is 10.9. The van der Waals surface area contributed by atoms with Crippen LogP contribution in [0.4, 0.5) is 5.69 Å². The third-order valence-electron chi connectivity index (χ3n) is 3.57. The molecule has 6 nitrogen and oxygen atoms in total. The van der Waals surface area contributed by atoms with Gasteiger partial charge < -0.3 is 20.3 Å². The molecule has 138 valence electrons. The Morgan fingerprint density at radius 3 is 2.38 bits per heavy atom. The number of benzene rings is 2. The second-order valence-electron chi connectivity index (χ2n) is 5.67. The molecule has 0 saturated heterocycles. The van der Waals surface area contributed by atoms with Crippen molar-refractivity contribution in [3.8, 4) is 5.75 Å². The maximum absolute atomic E-state index is 12.1. The number of guanidine groups is 1. The van der Waals surface area contributed by atoms with Crippen molar-refractivity contribution >= 4 is 17.6 Å². The van der Waals surface area contributed by atoms with E-state index in [-0.39, 0.29) is 12.5 Å². The van der Waals surface area contributed by atoms with Crippen molar-refractivity contribution in [1.82, 2.24) is 10.2 Å². The number of hydrogen-bond acceptors (Lipinski definition) is 3. The first-order valence-electron chi connectivity index (χ1n) is 8.71. The number of anilines is 1. The monoisotopic (exact) mass is 354 g/mol. The molecule has 0 saturated carbocycles. The number of ether oxygens (including phenoxy) is 1. The topological polar surface area (TPSA) is 66.0 Å². The first kappa shape index (κ1) is 19.3. The predicted octanol–water partition coefficient (Wildman–Crippen LogP) is 2.60. The van der Waals surface area contributed by atoms with Crippen LogP contribution in [0.3, 0.4) is 0 Å². The molecule has 0 bridgehead atoms. The van der Waals surface area contributed by atoms with Crippen molar-refractivity contribution in [2.75, 3.05) is 38.6 Å². The summed E-state index contributed by atoms with van der Waals surface area (Å²) in [7, 11) is 1.92. The van der Waals surface area contributed by atoms with E-state index in [0.29, 0.717) is 19.1 Å². The summed E-state index contributed by atoms with van der Waals surface area (Å²) in [6, 6.07) is 19.0. The molecule has 0 heterocycles. The number of amides is 1. The van der Waals surface area contributed by atoms with Crippen LogP contribution in [-0.2, 0) is 4.79 Å². The van der Waals surface area contributed by atoms with Gasteiger partial charge in [0, 0.05) is 19.3 Å². The summed E-state index contributed by atoms with van der Waals surface area (Å²) in [5, 5.41) is 6.02. The molecule has 0 spiro atoms. The average Bonchev–Trinajstić information content (AvgIpc) is 2.66. The Labute approximate surface area is 154 Å². The molecule has 26 heavy (non-hydrogen) atoms. The summed E-state index contributed by atoms with van der Waals surface area (Å²) in [5.74, 6) is 1.36. The van der Waals surface area contributed by atoms with Crippen molar-refractivity contribution < 1.29 is 9.53 Å². The maximum Gasteiger partial charge on any atom is 0.246 e. The Morgan fingerprint density at radius 1 is 1.08 bits per heavy atom. The quantitative estimate of drug-likeness (QED) is 0.565. The fourth-order valence-electron chi connectivity index (χ4n) is 2.26. The van der Waals surface area contributed by atoms with Crippen molar-refractivity contribution in [2.24, 2.45) is 4.99 Å². The van der Waals surface area contributed by atoms with Crippen LogP contribution in [0.15, 0.2) is 65.7 Å². The molecule has 6 heteroatoms. The van der Waals surface area contributed by atoms with Gasteiger partial charge in [0.15, 0.2) is 5.96 Å². The van der Waals surface area contributed by atoms with E-state index in [0.717, 1.165) is 18.0 Å². The fraction of sp³-hybridized carbons (Fsp3) is 0.300. The first-order valence-corrected chi connectivity index (χ1v) is 8.71. The Balaban J connectivity index is 1.83. The molecule has 0 aliphatic carbocycles. The summed E-state index contributed by atoms with van der Waals surface area (Å²) in [6.07, 6.45) is 0. The molecule has 2 aromatic carbocycles. The number of carbonyl (C=O) groups excluding carboxylic acids is 1. The summed E-state index contributed by atoms with van der Waals surface area (Å²) in [4.78, 5) is 18.4. The van der Waals surface area contributed by atoms with Crippen molar-refractivity contribution in [1.29, 1.82) is 0 Å². The van der Waals surface area contributed by atoms with E-state index in [1.807, 2.05) is 79.5 Å². The number of nitrogens with one attached hydrogen (secondary N) is 2. The van der Waals surface area contributed by atoms with Gasteiger partial charge in [0.1, 0.15) is 18.9 Å². The number of rotatable bonds is 8. The maximum atomic E-state index is 12.1. The van der Waals surface area contributed by atoms with Crippen LogP contribution in [0.2, 0.25) is 0 Å². The predicted molar refractivity (Wildman–Crippen MR) is 106 cm³/mol. The largest absolute Gasteiger partial charge is 0.492 e. The molecule has 0 atom stereocenters. The molecular formula is C20H26N4O2. The zero-order valence-electron chi connectivity index (χ0n) is 15.3. The highest BCUT2D eigenvalue weighted by Crippen LogP contribution is 2.08. The van der Waals surface area contributed by atoms with Gasteiger partial charge >= 0.3 is 0 Å². The molecule has 0 aromatic heterocycles. The SMILES string of the molecule is CCNC(=NCC(=O)Nc1ccccc1)N(C)CCOc1ccccc1. The number of nitrogens with zero attached hydrogens (tertiary/aromatic N) is 2. The average molecular weight is 354 g/mol. The van der Waals surface area contributed by atoms with Gasteiger partial charge in [-0.05, 0) is 31.2 Å². The van der Waals surface area contributed by atoms with Crippen LogP contribution >= 0.6 is 0 Å². The highest BCUT2D eigenvalue weighted by atomic mass is 16.5. The molecule has 0 aliphatic heterocycles. The van der Waals surface area contributed by atoms with Gasteiger partial charge in [-0.3, -0.25) is 4.79 Å². The number of aliphatic imine (C=N–C) groups is 1. The van der Waals surface area contributed by atoms with Crippen LogP contribution in [0.5, 0.6) is 5.75 Å². The van der Waals surface area contributed by atoms with Gasteiger partial charge in [0.05, 0.1) is 6.54 Å². The Kier molecular flexibility index (Phi) is 7.99. The lowest BCUT2D eigenvalue weighted by molar-refractivity contribution is -0.114. The molecule has 2 N–H and O–H groups in total. The highest BCUT2D eigenvalue weighted by molar-refractivity contribution is 5.94. The van der Waals surface area contributed by atoms with E-state index in [1.54, 1.807) is 0 Å². The van der Waals surface area contributed by atoms with Crippen LogP contribution in [0.1, 0.15) is 6.92 Å². The van der Waals surface area contributed by atoms with Crippen molar-refractivity contribution in [2.45, 2.75) is 6.92 Å². The van der Waals surface area contributed by atoms with Gasteiger partial charge in [-0.1, -0.05) is 36.4 Å². The third-order valence-corrected chi connectivity index (χ3v) is 3.57. The molecule has 0 unspecified atom stereocenters. The summed E-state index contributed by atoms with van der Waals surface area (Å²) < 4.78 is 5.71. The van der Waals surface area contributed by atoms with E-state index in [9.17, 15) is 4.79 Å².